The van der Waals surface area contributed by atoms with Crippen LogP contribution in [0.4, 0.5) is 0 Å². The molecule has 0 bridgehead atoms. The first-order chi connectivity index (χ1) is 10.1. The zero-order valence-corrected chi connectivity index (χ0v) is 13.2. The van der Waals surface area contributed by atoms with Gasteiger partial charge in [-0.2, -0.15) is 0 Å². The number of carbonyl (C=O) groups is 2. The van der Waals surface area contributed by atoms with Gasteiger partial charge in [-0.15, -0.1) is 0 Å². The molecule has 0 fully saturated rings. The van der Waals surface area contributed by atoms with Crippen LogP contribution in [0.15, 0.2) is 24.3 Å². The lowest BCUT2D eigenvalue weighted by Gasteiger charge is -2.30. The smallest absolute Gasteiger partial charge is 0.242 e. The highest BCUT2D eigenvalue weighted by atomic mass is 16.5. The Hall–Kier alpha value is -2.04. The minimum Gasteiger partial charge on any atom is -0.497 e. The Kier molecular flexibility index (Phi) is 6.72. The molecule has 0 radical (unpaired) electrons. The third-order valence-corrected chi connectivity index (χ3v) is 3.45. The molecule has 0 saturated heterocycles. The Morgan fingerprint density at radius 2 is 1.86 bits per heavy atom. The van der Waals surface area contributed by atoms with Crippen LogP contribution in [0.25, 0.3) is 0 Å². The molecule has 1 aromatic carbocycles. The summed E-state index contributed by atoms with van der Waals surface area (Å²) >= 11 is 0. The SMILES string of the molecule is CCC(=O)N(Cc1ccc(OC)cc1)C(CC)C(=O)NC. The Morgan fingerprint density at radius 3 is 2.29 bits per heavy atom. The van der Waals surface area contributed by atoms with Crippen LogP contribution >= 0.6 is 0 Å². The fourth-order valence-electron chi connectivity index (χ4n) is 2.22. The van der Waals surface area contributed by atoms with E-state index in [1.54, 1.807) is 26.0 Å². The maximum Gasteiger partial charge on any atom is 0.242 e. The number of carbonyl (C=O) groups excluding carboxylic acids is 2. The molecule has 0 aliphatic rings. The minimum atomic E-state index is -0.440. The number of methoxy groups -OCH3 is 1. The molecule has 1 rings (SSSR count). The molecular weight excluding hydrogens is 268 g/mol. The van der Waals surface area contributed by atoms with Crippen molar-refractivity contribution in [2.75, 3.05) is 14.2 Å². The first kappa shape index (κ1) is 17.0. The van der Waals surface area contributed by atoms with Gasteiger partial charge in [0.05, 0.1) is 7.11 Å². The van der Waals surface area contributed by atoms with Crippen LogP contribution in [-0.4, -0.2) is 36.9 Å². The number of nitrogens with zero attached hydrogens (tertiary/aromatic N) is 1. The van der Waals surface area contributed by atoms with E-state index in [4.69, 9.17) is 4.74 Å². The van der Waals surface area contributed by atoms with Gasteiger partial charge >= 0.3 is 0 Å². The highest BCUT2D eigenvalue weighted by molar-refractivity contribution is 5.87. The van der Waals surface area contributed by atoms with Crippen molar-refractivity contribution >= 4 is 11.8 Å². The third kappa shape index (κ3) is 4.48. The van der Waals surface area contributed by atoms with Gasteiger partial charge in [-0.3, -0.25) is 9.59 Å². The highest BCUT2D eigenvalue weighted by Gasteiger charge is 2.26. The number of hydrogen-bond acceptors (Lipinski definition) is 3. The molecule has 0 aliphatic carbocycles. The van der Waals surface area contributed by atoms with Gasteiger partial charge in [0, 0.05) is 20.0 Å². The van der Waals surface area contributed by atoms with E-state index < -0.39 is 6.04 Å². The topological polar surface area (TPSA) is 58.6 Å². The summed E-state index contributed by atoms with van der Waals surface area (Å²) in [4.78, 5) is 25.8. The number of ether oxygens (including phenoxy) is 1. The first-order valence-electron chi connectivity index (χ1n) is 7.21. The summed E-state index contributed by atoms with van der Waals surface area (Å²) < 4.78 is 5.12. The number of benzene rings is 1. The molecule has 1 unspecified atom stereocenters. The molecule has 0 saturated carbocycles. The van der Waals surface area contributed by atoms with Crippen molar-refractivity contribution in [1.29, 1.82) is 0 Å². The number of nitrogens with one attached hydrogen (secondary N) is 1. The first-order valence-corrected chi connectivity index (χ1v) is 7.21. The standard InChI is InChI=1S/C16H24N2O3/c1-5-14(16(20)17-3)18(15(19)6-2)11-12-7-9-13(21-4)10-8-12/h7-10,14H,5-6,11H2,1-4H3,(H,17,20). The summed E-state index contributed by atoms with van der Waals surface area (Å²) in [5.74, 6) is 0.611. The predicted octanol–water partition coefficient (Wildman–Crippen LogP) is 1.96. The van der Waals surface area contributed by atoms with E-state index in [-0.39, 0.29) is 11.8 Å². The van der Waals surface area contributed by atoms with Gasteiger partial charge in [0.15, 0.2) is 0 Å². The van der Waals surface area contributed by atoms with Crippen LogP contribution in [0, 0.1) is 0 Å². The van der Waals surface area contributed by atoms with Gasteiger partial charge in [-0.1, -0.05) is 26.0 Å². The van der Waals surface area contributed by atoms with E-state index in [2.05, 4.69) is 5.32 Å². The van der Waals surface area contributed by atoms with Crippen molar-refractivity contribution < 1.29 is 14.3 Å². The molecular formula is C16H24N2O3. The summed E-state index contributed by atoms with van der Waals surface area (Å²) in [6.07, 6.45) is 0.964. The lowest BCUT2D eigenvalue weighted by molar-refractivity contribution is -0.141. The van der Waals surface area contributed by atoms with Crippen molar-refractivity contribution in [2.45, 2.75) is 39.3 Å². The van der Waals surface area contributed by atoms with E-state index >= 15 is 0 Å². The van der Waals surface area contributed by atoms with Crippen LogP contribution < -0.4 is 10.1 Å². The van der Waals surface area contributed by atoms with Gasteiger partial charge in [0.2, 0.25) is 11.8 Å². The molecule has 0 aliphatic heterocycles. The van der Waals surface area contributed by atoms with Crippen molar-refractivity contribution in [2.24, 2.45) is 0 Å². The molecule has 116 valence electrons. The second-order valence-electron chi connectivity index (χ2n) is 4.76. The summed E-state index contributed by atoms with van der Waals surface area (Å²) in [6.45, 7) is 4.13. The lowest BCUT2D eigenvalue weighted by Crippen LogP contribution is -2.47. The Labute approximate surface area is 126 Å². The summed E-state index contributed by atoms with van der Waals surface area (Å²) in [5, 5.41) is 2.63. The van der Waals surface area contributed by atoms with Crippen molar-refractivity contribution in [3.8, 4) is 5.75 Å². The van der Waals surface area contributed by atoms with Gasteiger partial charge in [0.25, 0.3) is 0 Å². The minimum absolute atomic E-state index is 0.0266. The van der Waals surface area contributed by atoms with Crippen molar-refractivity contribution in [3.05, 3.63) is 29.8 Å². The quantitative estimate of drug-likeness (QED) is 0.835. The average Bonchev–Trinajstić information content (AvgIpc) is 2.54. The van der Waals surface area contributed by atoms with Gasteiger partial charge in [-0.25, -0.2) is 0 Å². The Balaban J connectivity index is 2.96. The molecule has 5 nitrogen and oxygen atoms in total. The molecule has 1 atom stereocenters. The van der Waals surface area contributed by atoms with E-state index in [1.807, 2.05) is 31.2 Å². The molecule has 0 spiro atoms. The zero-order chi connectivity index (χ0) is 15.8. The molecule has 1 aromatic rings. The normalized spacial score (nSPS) is 11.6. The van der Waals surface area contributed by atoms with E-state index in [1.165, 1.54) is 0 Å². The second kappa shape index (κ2) is 8.29. The monoisotopic (exact) mass is 292 g/mol. The summed E-state index contributed by atoms with van der Waals surface area (Å²) in [6, 6.07) is 7.08. The van der Waals surface area contributed by atoms with E-state index in [9.17, 15) is 9.59 Å². The largest absolute Gasteiger partial charge is 0.497 e. The molecule has 1 N–H and O–H groups in total. The number of amides is 2. The van der Waals surface area contributed by atoms with Gasteiger partial charge in [0.1, 0.15) is 11.8 Å². The molecule has 21 heavy (non-hydrogen) atoms. The summed E-state index contributed by atoms with van der Waals surface area (Å²) in [7, 11) is 3.20. The van der Waals surface area contributed by atoms with Gasteiger partial charge < -0.3 is 15.0 Å². The van der Waals surface area contributed by atoms with Crippen LogP contribution in [0.3, 0.4) is 0 Å². The fourth-order valence-corrected chi connectivity index (χ4v) is 2.22. The van der Waals surface area contributed by atoms with Crippen LogP contribution in [0.5, 0.6) is 5.75 Å². The number of hydrogen-bond donors (Lipinski definition) is 1. The number of likely N-dealkylation sites (N-methyl/N-ethyl adjacent to an activating group) is 1. The molecule has 5 heteroatoms. The molecule has 0 heterocycles. The maximum absolute atomic E-state index is 12.2. The molecule has 2 amide bonds. The summed E-state index contributed by atoms with van der Waals surface area (Å²) in [5.41, 5.74) is 0.972. The van der Waals surface area contributed by atoms with Crippen LogP contribution in [0.1, 0.15) is 32.3 Å². The van der Waals surface area contributed by atoms with Gasteiger partial charge in [-0.05, 0) is 24.1 Å². The Bertz CT molecular complexity index is 471. The molecule has 0 aromatic heterocycles. The van der Waals surface area contributed by atoms with Crippen molar-refractivity contribution in [1.82, 2.24) is 10.2 Å². The van der Waals surface area contributed by atoms with E-state index in [0.29, 0.717) is 19.4 Å². The number of rotatable bonds is 7. The second-order valence-corrected chi connectivity index (χ2v) is 4.76. The van der Waals surface area contributed by atoms with Crippen molar-refractivity contribution in [3.63, 3.8) is 0 Å². The Morgan fingerprint density at radius 1 is 1.24 bits per heavy atom. The average molecular weight is 292 g/mol. The maximum atomic E-state index is 12.2. The third-order valence-electron chi connectivity index (χ3n) is 3.45. The fraction of sp³-hybridized carbons (Fsp3) is 0.500. The van der Waals surface area contributed by atoms with Crippen LogP contribution in [0.2, 0.25) is 0 Å². The highest BCUT2D eigenvalue weighted by Crippen LogP contribution is 2.16. The lowest BCUT2D eigenvalue weighted by atomic mass is 10.1. The van der Waals surface area contributed by atoms with E-state index in [0.717, 1.165) is 11.3 Å². The predicted molar refractivity (Wildman–Crippen MR) is 82.0 cm³/mol. The zero-order valence-electron chi connectivity index (χ0n) is 13.2. The van der Waals surface area contributed by atoms with Crippen LogP contribution in [-0.2, 0) is 16.1 Å².